The second-order valence-electron chi connectivity index (χ2n) is 3.15. The molecular formula is C10H10O3. The van der Waals surface area contributed by atoms with Crippen molar-refractivity contribution in [1.29, 1.82) is 0 Å². The number of rotatable bonds is 3. The van der Waals surface area contributed by atoms with Crippen LogP contribution in [0.4, 0.5) is 0 Å². The second-order valence-corrected chi connectivity index (χ2v) is 3.15. The first-order valence-corrected chi connectivity index (χ1v) is 4.26. The molecule has 1 N–H and O–H groups in total. The lowest BCUT2D eigenvalue weighted by Crippen LogP contribution is -1.99. The topological polar surface area (TPSA) is 46.5 Å². The number of hydrogen-bond acceptors (Lipinski definition) is 2. The number of hydrogen-bond donors (Lipinski definition) is 1. The molecule has 0 amide bonds. The van der Waals surface area contributed by atoms with Gasteiger partial charge in [0.25, 0.3) is 0 Å². The fraction of sp³-hybridized carbons (Fsp3) is 0.300. The van der Waals surface area contributed by atoms with Crippen LogP contribution in [-0.4, -0.2) is 17.2 Å². The quantitative estimate of drug-likeness (QED) is 0.769. The monoisotopic (exact) mass is 178 g/mol. The lowest BCUT2D eigenvalue weighted by atomic mass is 10.2. The predicted octanol–water partition coefficient (Wildman–Crippen LogP) is 1.93. The standard InChI is InChI=1S/C10H10O3/c11-10(12)7-2-1-3-9(6-7)13-8-4-5-8/h1-3,6,8H,4-5H2,(H,11,12). The molecule has 1 fully saturated rings. The minimum absolute atomic E-state index is 0.276. The van der Waals surface area contributed by atoms with Gasteiger partial charge in [-0.2, -0.15) is 0 Å². The van der Waals surface area contributed by atoms with Gasteiger partial charge in [0.15, 0.2) is 0 Å². The van der Waals surface area contributed by atoms with E-state index in [1.54, 1.807) is 24.3 Å². The Bertz CT molecular complexity index is 329. The molecule has 2 rings (SSSR count). The zero-order chi connectivity index (χ0) is 9.26. The molecule has 0 atom stereocenters. The van der Waals surface area contributed by atoms with Crippen molar-refractivity contribution in [2.45, 2.75) is 18.9 Å². The molecule has 1 saturated carbocycles. The van der Waals surface area contributed by atoms with E-state index in [4.69, 9.17) is 9.84 Å². The van der Waals surface area contributed by atoms with Crippen LogP contribution in [0.1, 0.15) is 23.2 Å². The molecule has 0 bridgehead atoms. The average molecular weight is 178 g/mol. The van der Waals surface area contributed by atoms with Gasteiger partial charge < -0.3 is 9.84 Å². The van der Waals surface area contributed by atoms with E-state index in [0.29, 0.717) is 11.9 Å². The third kappa shape index (κ3) is 1.99. The minimum Gasteiger partial charge on any atom is -0.490 e. The Morgan fingerprint density at radius 1 is 1.46 bits per heavy atom. The Balaban J connectivity index is 2.15. The molecule has 3 heteroatoms. The van der Waals surface area contributed by atoms with E-state index < -0.39 is 5.97 Å². The van der Waals surface area contributed by atoms with Crippen molar-refractivity contribution < 1.29 is 14.6 Å². The first-order valence-electron chi connectivity index (χ1n) is 4.26. The van der Waals surface area contributed by atoms with E-state index in [1.807, 2.05) is 0 Å². The van der Waals surface area contributed by atoms with Crippen LogP contribution < -0.4 is 4.74 Å². The van der Waals surface area contributed by atoms with Gasteiger partial charge >= 0.3 is 5.97 Å². The van der Waals surface area contributed by atoms with E-state index in [9.17, 15) is 4.79 Å². The summed E-state index contributed by atoms with van der Waals surface area (Å²) in [5.74, 6) is -0.261. The van der Waals surface area contributed by atoms with Crippen LogP contribution in [-0.2, 0) is 0 Å². The molecule has 0 aliphatic heterocycles. The summed E-state index contributed by atoms with van der Waals surface area (Å²) >= 11 is 0. The van der Waals surface area contributed by atoms with E-state index in [2.05, 4.69) is 0 Å². The zero-order valence-electron chi connectivity index (χ0n) is 7.06. The van der Waals surface area contributed by atoms with Crippen LogP contribution in [0.3, 0.4) is 0 Å². The van der Waals surface area contributed by atoms with Gasteiger partial charge in [-0.05, 0) is 31.0 Å². The molecule has 1 aliphatic carbocycles. The highest BCUT2D eigenvalue weighted by molar-refractivity contribution is 5.87. The van der Waals surface area contributed by atoms with Crippen LogP contribution in [0.15, 0.2) is 24.3 Å². The normalized spacial score (nSPS) is 15.4. The predicted molar refractivity (Wildman–Crippen MR) is 47.1 cm³/mol. The van der Waals surface area contributed by atoms with Gasteiger partial charge in [0.2, 0.25) is 0 Å². The summed E-state index contributed by atoms with van der Waals surface area (Å²) < 4.78 is 5.45. The Labute approximate surface area is 76.0 Å². The molecule has 3 nitrogen and oxygen atoms in total. The van der Waals surface area contributed by atoms with Crippen molar-refractivity contribution in [3.63, 3.8) is 0 Å². The van der Waals surface area contributed by atoms with Crippen LogP contribution >= 0.6 is 0 Å². The zero-order valence-corrected chi connectivity index (χ0v) is 7.06. The average Bonchev–Trinajstić information content (AvgIpc) is 2.89. The fourth-order valence-electron chi connectivity index (χ4n) is 1.08. The van der Waals surface area contributed by atoms with Crippen molar-refractivity contribution in [2.24, 2.45) is 0 Å². The van der Waals surface area contributed by atoms with Crippen LogP contribution in [0.5, 0.6) is 5.75 Å². The third-order valence-corrected chi connectivity index (χ3v) is 1.91. The van der Waals surface area contributed by atoms with Gasteiger partial charge in [0.05, 0.1) is 11.7 Å². The maximum atomic E-state index is 10.6. The van der Waals surface area contributed by atoms with Gasteiger partial charge in [0, 0.05) is 0 Å². The van der Waals surface area contributed by atoms with Crippen molar-refractivity contribution in [1.82, 2.24) is 0 Å². The SMILES string of the molecule is O=C(O)c1cccc(OC2CC2)c1. The summed E-state index contributed by atoms with van der Waals surface area (Å²) in [7, 11) is 0. The Morgan fingerprint density at radius 2 is 2.23 bits per heavy atom. The molecular weight excluding hydrogens is 168 g/mol. The number of aromatic carboxylic acids is 1. The maximum Gasteiger partial charge on any atom is 0.335 e. The molecule has 0 saturated heterocycles. The van der Waals surface area contributed by atoms with Crippen molar-refractivity contribution in [3.8, 4) is 5.75 Å². The van der Waals surface area contributed by atoms with Crippen molar-refractivity contribution in [3.05, 3.63) is 29.8 Å². The van der Waals surface area contributed by atoms with Crippen LogP contribution in [0, 0.1) is 0 Å². The summed E-state index contributed by atoms with van der Waals surface area (Å²) in [5, 5.41) is 8.70. The van der Waals surface area contributed by atoms with Crippen LogP contribution in [0.2, 0.25) is 0 Å². The number of ether oxygens (including phenoxy) is 1. The van der Waals surface area contributed by atoms with Crippen molar-refractivity contribution >= 4 is 5.97 Å². The molecule has 1 aromatic carbocycles. The third-order valence-electron chi connectivity index (χ3n) is 1.91. The number of carbonyl (C=O) groups is 1. The van der Waals surface area contributed by atoms with Gasteiger partial charge in [-0.15, -0.1) is 0 Å². The largest absolute Gasteiger partial charge is 0.490 e. The molecule has 0 heterocycles. The van der Waals surface area contributed by atoms with E-state index >= 15 is 0 Å². The summed E-state index contributed by atoms with van der Waals surface area (Å²) in [6.07, 6.45) is 2.47. The summed E-state index contributed by atoms with van der Waals surface area (Å²) in [5.41, 5.74) is 0.276. The highest BCUT2D eigenvalue weighted by atomic mass is 16.5. The Kier molecular flexibility index (Phi) is 1.93. The van der Waals surface area contributed by atoms with E-state index in [0.717, 1.165) is 12.8 Å². The highest BCUT2D eigenvalue weighted by Crippen LogP contribution is 2.26. The molecule has 13 heavy (non-hydrogen) atoms. The Morgan fingerprint density at radius 3 is 2.85 bits per heavy atom. The molecule has 0 unspecified atom stereocenters. The maximum absolute atomic E-state index is 10.6. The lowest BCUT2D eigenvalue weighted by Gasteiger charge is -2.03. The summed E-state index contributed by atoms with van der Waals surface area (Å²) in [4.78, 5) is 10.6. The number of benzene rings is 1. The smallest absolute Gasteiger partial charge is 0.335 e. The molecule has 0 aromatic heterocycles. The van der Waals surface area contributed by atoms with E-state index in [-0.39, 0.29) is 5.56 Å². The second kappa shape index (κ2) is 3.09. The first-order chi connectivity index (χ1) is 6.25. The highest BCUT2D eigenvalue weighted by Gasteiger charge is 2.23. The van der Waals surface area contributed by atoms with Gasteiger partial charge in [-0.3, -0.25) is 0 Å². The molecule has 1 aromatic rings. The summed E-state index contributed by atoms with van der Waals surface area (Å²) in [6.45, 7) is 0. The lowest BCUT2D eigenvalue weighted by molar-refractivity contribution is 0.0696. The molecule has 0 radical (unpaired) electrons. The minimum atomic E-state index is -0.916. The van der Waals surface area contributed by atoms with E-state index in [1.165, 1.54) is 0 Å². The molecule has 1 aliphatic rings. The fourth-order valence-corrected chi connectivity index (χ4v) is 1.08. The molecule has 68 valence electrons. The Hall–Kier alpha value is -1.51. The first kappa shape index (κ1) is 8.10. The molecule has 0 spiro atoms. The number of carboxylic acid groups (broad SMARTS) is 1. The van der Waals surface area contributed by atoms with Gasteiger partial charge in [-0.25, -0.2) is 4.79 Å². The van der Waals surface area contributed by atoms with Gasteiger partial charge in [-0.1, -0.05) is 6.07 Å². The van der Waals surface area contributed by atoms with Crippen molar-refractivity contribution in [2.75, 3.05) is 0 Å². The van der Waals surface area contributed by atoms with Gasteiger partial charge in [0.1, 0.15) is 5.75 Å². The number of carboxylic acids is 1. The summed E-state index contributed by atoms with van der Waals surface area (Å²) in [6, 6.07) is 6.59. The van der Waals surface area contributed by atoms with Crippen LogP contribution in [0.25, 0.3) is 0 Å².